The molecule has 0 aliphatic carbocycles. The van der Waals surface area contributed by atoms with Crippen LogP contribution in [0.15, 0.2) is 24.4 Å². The van der Waals surface area contributed by atoms with Crippen molar-refractivity contribution < 1.29 is 14.7 Å². The van der Waals surface area contributed by atoms with Gasteiger partial charge < -0.3 is 10.4 Å². The highest BCUT2D eigenvalue weighted by molar-refractivity contribution is 5.93. The molecule has 1 aromatic heterocycles. The summed E-state index contributed by atoms with van der Waals surface area (Å²) in [5, 5.41) is 10.5. The van der Waals surface area contributed by atoms with Crippen LogP contribution in [0.4, 0.5) is 0 Å². The van der Waals surface area contributed by atoms with Crippen LogP contribution < -0.4 is 5.32 Å². The Morgan fingerprint density at radius 1 is 1.43 bits per heavy atom. The zero-order valence-corrected chi connectivity index (χ0v) is 7.95. The lowest BCUT2D eigenvalue weighted by atomic mass is 10.3. The molecule has 2 N–H and O–H groups in total. The molecule has 76 valence electrons. The first kappa shape index (κ1) is 12.4. The summed E-state index contributed by atoms with van der Waals surface area (Å²) in [5.41, 5.74) is 0.212. The highest BCUT2D eigenvalue weighted by Gasteiger charge is 2.06. The fourth-order valence-corrected chi connectivity index (χ4v) is 0.744. The normalized spacial score (nSPS) is 8.57. The number of halogens is 1. The van der Waals surface area contributed by atoms with E-state index in [1.165, 1.54) is 12.3 Å². The Balaban J connectivity index is 0.00000169. The quantitative estimate of drug-likeness (QED) is 0.763. The number of hydrogen-bond donors (Lipinski definition) is 2. The molecule has 0 fully saturated rings. The van der Waals surface area contributed by atoms with Crippen molar-refractivity contribution in [1.82, 2.24) is 10.3 Å². The summed E-state index contributed by atoms with van der Waals surface area (Å²) < 4.78 is 0. The van der Waals surface area contributed by atoms with Crippen molar-refractivity contribution in [3.05, 3.63) is 30.1 Å². The first-order chi connectivity index (χ1) is 6.20. The van der Waals surface area contributed by atoms with Crippen molar-refractivity contribution in [1.29, 1.82) is 0 Å². The first-order valence-electron chi connectivity index (χ1n) is 3.61. The third-order valence-corrected chi connectivity index (χ3v) is 1.30. The van der Waals surface area contributed by atoms with Gasteiger partial charge in [-0.25, -0.2) is 0 Å². The predicted molar refractivity (Wildman–Crippen MR) is 51.5 cm³/mol. The highest BCUT2D eigenvalue weighted by Crippen LogP contribution is 1.91. The van der Waals surface area contributed by atoms with Gasteiger partial charge >= 0.3 is 5.97 Å². The van der Waals surface area contributed by atoms with E-state index >= 15 is 0 Å². The van der Waals surface area contributed by atoms with Crippen LogP contribution in [-0.4, -0.2) is 28.5 Å². The van der Waals surface area contributed by atoms with Crippen molar-refractivity contribution in [2.45, 2.75) is 0 Å². The van der Waals surface area contributed by atoms with E-state index in [0.717, 1.165) is 0 Å². The van der Waals surface area contributed by atoms with Gasteiger partial charge in [-0.2, -0.15) is 0 Å². The fraction of sp³-hybridized carbons (Fsp3) is 0.125. The Labute approximate surface area is 86.6 Å². The van der Waals surface area contributed by atoms with Gasteiger partial charge in [-0.05, 0) is 12.1 Å². The fourth-order valence-electron chi connectivity index (χ4n) is 0.744. The molecule has 0 aliphatic rings. The summed E-state index contributed by atoms with van der Waals surface area (Å²) in [4.78, 5) is 25.0. The van der Waals surface area contributed by atoms with E-state index in [2.05, 4.69) is 10.3 Å². The second-order valence-corrected chi connectivity index (χ2v) is 2.29. The van der Waals surface area contributed by atoms with E-state index in [4.69, 9.17) is 5.11 Å². The van der Waals surface area contributed by atoms with Crippen molar-refractivity contribution >= 4 is 24.3 Å². The van der Waals surface area contributed by atoms with Crippen LogP contribution in [-0.2, 0) is 4.79 Å². The topological polar surface area (TPSA) is 79.3 Å². The Bertz CT molecular complexity index is 316. The van der Waals surface area contributed by atoms with Crippen LogP contribution in [0.3, 0.4) is 0 Å². The van der Waals surface area contributed by atoms with Gasteiger partial charge in [-0.15, -0.1) is 12.4 Å². The third kappa shape index (κ3) is 3.86. The van der Waals surface area contributed by atoms with Crippen LogP contribution in [0.1, 0.15) is 10.5 Å². The Morgan fingerprint density at radius 3 is 2.64 bits per heavy atom. The molecule has 1 rings (SSSR count). The number of pyridine rings is 1. The van der Waals surface area contributed by atoms with Crippen molar-refractivity contribution in [2.24, 2.45) is 0 Å². The molecule has 0 atom stereocenters. The standard InChI is InChI=1S/C8H8N2O3.ClH/c11-7(12)5-10-8(13)6-3-1-2-4-9-6;/h1-4H,5H2,(H,10,13)(H,11,12);1H. The van der Waals surface area contributed by atoms with Gasteiger partial charge in [0.25, 0.3) is 5.91 Å². The van der Waals surface area contributed by atoms with Crippen LogP contribution in [0, 0.1) is 0 Å². The van der Waals surface area contributed by atoms with Gasteiger partial charge in [0, 0.05) is 6.20 Å². The summed E-state index contributed by atoms with van der Waals surface area (Å²) in [7, 11) is 0. The highest BCUT2D eigenvalue weighted by atomic mass is 35.5. The summed E-state index contributed by atoms with van der Waals surface area (Å²) in [6, 6.07) is 4.84. The molecule has 5 nitrogen and oxygen atoms in total. The minimum atomic E-state index is -1.08. The Morgan fingerprint density at radius 2 is 2.14 bits per heavy atom. The molecule has 0 spiro atoms. The maximum atomic E-state index is 11.1. The van der Waals surface area contributed by atoms with E-state index in [1.807, 2.05) is 0 Å². The second kappa shape index (κ2) is 5.93. The zero-order chi connectivity index (χ0) is 9.68. The lowest BCUT2D eigenvalue weighted by Gasteiger charge is -1.99. The molecule has 14 heavy (non-hydrogen) atoms. The SMILES string of the molecule is Cl.O=C(O)CNC(=O)c1ccccn1. The molecule has 0 saturated carbocycles. The number of carbonyl (C=O) groups is 2. The number of amides is 1. The lowest BCUT2D eigenvalue weighted by molar-refractivity contribution is -0.135. The number of carboxylic acid groups (broad SMARTS) is 1. The molecule has 0 aromatic carbocycles. The number of nitrogens with zero attached hydrogens (tertiary/aromatic N) is 1. The second-order valence-electron chi connectivity index (χ2n) is 2.29. The predicted octanol–water partition coefficient (Wildman–Crippen LogP) is 0.318. The largest absolute Gasteiger partial charge is 0.480 e. The third-order valence-electron chi connectivity index (χ3n) is 1.30. The van der Waals surface area contributed by atoms with E-state index in [9.17, 15) is 9.59 Å². The maximum absolute atomic E-state index is 11.1. The van der Waals surface area contributed by atoms with Gasteiger partial charge in [0.05, 0.1) is 0 Å². The van der Waals surface area contributed by atoms with Crippen LogP contribution in [0.25, 0.3) is 0 Å². The number of aromatic nitrogens is 1. The number of rotatable bonds is 3. The van der Waals surface area contributed by atoms with E-state index < -0.39 is 18.4 Å². The van der Waals surface area contributed by atoms with E-state index in [-0.39, 0.29) is 18.1 Å². The first-order valence-corrected chi connectivity index (χ1v) is 3.61. The van der Waals surface area contributed by atoms with Gasteiger partial charge in [-0.3, -0.25) is 14.6 Å². The number of carboxylic acids is 1. The van der Waals surface area contributed by atoms with Crippen LogP contribution in [0.2, 0.25) is 0 Å². The van der Waals surface area contributed by atoms with E-state index in [0.29, 0.717) is 0 Å². The number of nitrogens with one attached hydrogen (secondary N) is 1. The lowest BCUT2D eigenvalue weighted by Crippen LogP contribution is -2.29. The van der Waals surface area contributed by atoms with Gasteiger partial charge in [0.15, 0.2) is 0 Å². The van der Waals surface area contributed by atoms with Crippen molar-refractivity contribution in [2.75, 3.05) is 6.54 Å². The molecular weight excluding hydrogens is 208 g/mol. The molecular formula is C8H9ClN2O3. The average Bonchev–Trinajstić information content (AvgIpc) is 2.15. The molecule has 0 saturated heterocycles. The van der Waals surface area contributed by atoms with Crippen LogP contribution in [0.5, 0.6) is 0 Å². The van der Waals surface area contributed by atoms with Crippen LogP contribution >= 0.6 is 12.4 Å². The number of carbonyl (C=O) groups excluding carboxylic acids is 1. The zero-order valence-electron chi connectivity index (χ0n) is 7.14. The molecule has 1 aromatic rings. The minimum absolute atomic E-state index is 0. The van der Waals surface area contributed by atoms with Crippen molar-refractivity contribution in [3.63, 3.8) is 0 Å². The minimum Gasteiger partial charge on any atom is -0.480 e. The van der Waals surface area contributed by atoms with Gasteiger partial charge in [-0.1, -0.05) is 6.07 Å². The monoisotopic (exact) mass is 216 g/mol. The Hall–Kier alpha value is -1.62. The average molecular weight is 217 g/mol. The summed E-state index contributed by atoms with van der Waals surface area (Å²) in [5.74, 6) is -1.56. The smallest absolute Gasteiger partial charge is 0.322 e. The molecule has 0 aliphatic heterocycles. The van der Waals surface area contributed by atoms with Gasteiger partial charge in [0.1, 0.15) is 12.2 Å². The van der Waals surface area contributed by atoms with Crippen molar-refractivity contribution in [3.8, 4) is 0 Å². The molecule has 0 bridgehead atoms. The summed E-state index contributed by atoms with van der Waals surface area (Å²) in [6.45, 7) is -0.393. The Kier molecular flexibility index (Phi) is 5.24. The summed E-state index contributed by atoms with van der Waals surface area (Å²) in [6.07, 6.45) is 1.47. The maximum Gasteiger partial charge on any atom is 0.322 e. The molecule has 0 unspecified atom stereocenters. The molecule has 1 amide bonds. The molecule has 6 heteroatoms. The molecule has 0 radical (unpaired) electrons. The molecule has 1 heterocycles. The summed E-state index contributed by atoms with van der Waals surface area (Å²) >= 11 is 0. The van der Waals surface area contributed by atoms with Gasteiger partial charge in [0.2, 0.25) is 0 Å². The number of aliphatic carboxylic acids is 1. The van der Waals surface area contributed by atoms with E-state index in [1.54, 1.807) is 12.1 Å². The number of hydrogen-bond acceptors (Lipinski definition) is 3.